The minimum Gasteiger partial charge on any atom is -0.457 e. The number of esters is 1. The van der Waals surface area contributed by atoms with Gasteiger partial charge < -0.3 is 10.5 Å². The molecule has 0 saturated heterocycles. The van der Waals surface area contributed by atoms with E-state index in [9.17, 15) is 9.18 Å². The number of benzene rings is 2. The summed E-state index contributed by atoms with van der Waals surface area (Å²) in [5.41, 5.74) is 8.68. The van der Waals surface area contributed by atoms with Crippen LogP contribution in [0.2, 0.25) is 0 Å². The van der Waals surface area contributed by atoms with Gasteiger partial charge in [-0.3, -0.25) is 0 Å². The lowest BCUT2D eigenvalue weighted by Crippen LogP contribution is -2.08. The van der Waals surface area contributed by atoms with Gasteiger partial charge >= 0.3 is 5.97 Å². The second-order valence-corrected chi connectivity index (χ2v) is 5.71. The van der Waals surface area contributed by atoms with Crippen molar-refractivity contribution in [2.75, 3.05) is 5.73 Å². The number of ether oxygens (including phenoxy) is 1. The third-order valence-electron chi connectivity index (χ3n) is 3.17. The van der Waals surface area contributed by atoms with E-state index in [1.807, 2.05) is 32.0 Å². The Labute approximate surface area is 131 Å². The predicted octanol–water partition coefficient (Wildman–Crippen LogP) is 4.14. The van der Waals surface area contributed by atoms with Gasteiger partial charge in [-0.15, -0.1) is 0 Å². The quantitative estimate of drug-likeness (QED) is 0.667. The number of carbonyl (C=O) groups is 1. The Hall–Kier alpha value is -1.88. The van der Waals surface area contributed by atoms with Gasteiger partial charge in [0.2, 0.25) is 0 Å². The van der Waals surface area contributed by atoms with E-state index >= 15 is 0 Å². The smallest absolute Gasteiger partial charge is 0.339 e. The van der Waals surface area contributed by atoms with Crippen molar-refractivity contribution in [3.63, 3.8) is 0 Å². The Balaban J connectivity index is 2.15. The summed E-state index contributed by atoms with van der Waals surface area (Å²) >= 11 is 3.14. The van der Waals surface area contributed by atoms with E-state index < -0.39 is 11.8 Å². The van der Waals surface area contributed by atoms with Crippen LogP contribution in [0.15, 0.2) is 34.8 Å². The first-order valence-electron chi connectivity index (χ1n) is 6.36. The van der Waals surface area contributed by atoms with Crippen LogP contribution >= 0.6 is 15.9 Å². The molecule has 0 fully saturated rings. The molecule has 3 nitrogen and oxygen atoms in total. The molecule has 0 amide bonds. The molecule has 0 aliphatic carbocycles. The standard InChI is InChI=1S/C16H15BrFNO2/c1-9-3-4-10(2)11(5-9)8-21-16(20)12-6-15(19)14(18)7-13(12)17/h3-7H,8,19H2,1-2H3. The summed E-state index contributed by atoms with van der Waals surface area (Å²) in [6, 6.07) is 8.37. The molecule has 2 rings (SSSR count). The summed E-state index contributed by atoms with van der Waals surface area (Å²) in [7, 11) is 0. The minimum atomic E-state index is -0.576. The average Bonchev–Trinajstić information content (AvgIpc) is 2.43. The SMILES string of the molecule is Cc1ccc(C)c(COC(=O)c2cc(N)c(F)cc2Br)c1. The normalized spacial score (nSPS) is 10.5. The maximum Gasteiger partial charge on any atom is 0.339 e. The first-order valence-corrected chi connectivity index (χ1v) is 7.15. The van der Waals surface area contributed by atoms with Crippen LogP contribution in [0.3, 0.4) is 0 Å². The Bertz CT molecular complexity index is 701. The Morgan fingerprint density at radius 1 is 1.29 bits per heavy atom. The fourth-order valence-electron chi connectivity index (χ4n) is 1.90. The summed E-state index contributed by atoms with van der Waals surface area (Å²) in [5, 5.41) is 0. The monoisotopic (exact) mass is 351 g/mol. The summed E-state index contributed by atoms with van der Waals surface area (Å²) in [5.74, 6) is -1.12. The van der Waals surface area contributed by atoms with Crippen LogP contribution < -0.4 is 5.73 Å². The van der Waals surface area contributed by atoms with Gasteiger partial charge in [0.15, 0.2) is 0 Å². The van der Waals surface area contributed by atoms with E-state index in [1.54, 1.807) is 0 Å². The summed E-state index contributed by atoms with van der Waals surface area (Å²) in [6.07, 6.45) is 0. The van der Waals surface area contributed by atoms with Gasteiger partial charge in [0.05, 0.1) is 11.3 Å². The average molecular weight is 352 g/mol. The molecule has 21 heavy (non-hydrogen) atoms. The van der Waals surface area contributed by atoms with Crippen molar-refractivity contribution >= 4 is 27.6 Å². The third kappa shape index (κ3) is 3.61. The molecule has 0 heterocycles. The van der Waals surface area contributed by atoms with E-state index in [1.165, 1.54) is 6.07 Å². The molecule has 0 aromatic heterocycles. The maximum absolute atomic E-state index is 13.3. The number of nitrogens with two attached hydrogens (primary N) is 1. The molecule has 2 N–H and O–H groups in total. The summed E-state index contributed by atoms with van der Waals surface area (Å²) < 4.78 is 18.9. The number of hydrogen-bond donors (Lipinski definition) is 1. The van der Waals surface area contributed by atoms with Gasteiger partial charge in [0.25, 0.3) is 0 Å². The van der Waals surface area contributed by atoms with Crippen molar-refractivity contribution < 1.29 is 13.9 Å². The molecule has 0 saturated carbocycles. The highest BCUT2D eigenvalue weighted by atomic mass is 79.9. The zero-order chi connectivity index (χ0) is 15.6. The van der Waals surface area contributed by atoms with Crippen molar-refractivity contribution in [2.24, 2.45) is 0 Å². The topological polar surface area (TPSA) is 52.3 Å². The molecule has 2 aromatic rings. The van der Waals surface area contributed by atoms with E-state index in [4.69, 9.17) is 10.5 Å². The fraction of sp³-hybridized carbons (Fsp3) is 0.188. The fourth-order valence-corrected chi connectivity index (χ4v) is 2.38. The van der Waals surface area contributed by atoms with Crippen molar-refractivity contribution in [1.82, 2.24) is 0 Å². The largest absolute Gasteiger partial charge is 0.457 e. The lowest BCUT2D eigenvalue weighted by Gasteiger charge is -2.10. The first-order chi connectivity index (χ1) is 9.88. The number of aryl methyl sites for hydroxylation is 2. The van der Waals surface area contributed by atoms with Crippen molar-refractivity contribution in [3.8, 4) is 0 Å². The molecule has 0 spiro atoms. The molecular weight excluding hydrogens is 337 g/mol. The van der Waals surface area contributed by atoms with Gasteiger partial charge in [0, 0.05) is 4.47 Å². The lowest BCUT2D eigenvalue weighted by molar-refractivity contribution is 0.0471. The number of halogens is 2. The van der Waals surface area contributed by atoms with Crippen molar-refractivity contribution in [2.45, 2.75) is 20.5 Å². The van der Waals surface area contributed by atoms with E-state index in [-0.39, 0.29) is 17.9 Å². The van der Waals surface area contributed by atoms with Crippen LogP contribution in [-0.2, 0) is 11.3 Å². The van der Waals surface area contributed by atoms with Crippen LogP contribution in [0.25, 0.3) is 0 Å². The van der Waals surface area contributed by atoms with Gasteiger partial charge in [-0.1, -0.05) is 23.8 Å². The molecule has 0 radical (unpaired) electrons. The molecule has 0 atom stereocenters. The Kier molecular flexibility index (Phi) is 4.63. The number of carbonyl (C=O) groups excluding carboxylic acids is 1. The molecule has 0 aliphatic rings. The minimum absolute atomic E-state index is 0.0862. The van der Waals surface area contributed by atoms with Crippen LogP contribution in [-0.4, -0.2) is 5.97 Å². The van der Waals surface area contributed by atoms with E-state index in [0.29, 0.717) is 4.47 Å². The van der Waals surface area contributed by atoms with Crippen LogP contribution in [0.4, 0.5) is 10.1 Å². The molecule has 5 heteroatoms. The first kappa shape index (κ1) is 15.5. The van der Waals surface area contributed by atoms with E-state index in [2.05, 4.69) is 15.9 Å². The van der Waals surface area contributed by atoms with Gasteiger partial charge in [-0.25, -0.2) is 9.18 Å². The third-order valence-corrected chi connectivity index (χ3v) is 3.83. The molecule has 0 unspecified atom stereocenters. The molecule has 2 aromatic carbocycles. The van der Waals surface area contributed by atoms with Crippen molar-refractivity contribution in [1.29, 1.82) is 0 Å². The van der Waals surface area contributed by atoms with Crippen LogP contribution in [0, 0.1) is 19.7 Å². The van der Waals surface area contributed by atoms with Crippen LogP contribution in [0.5, 0.6) is 0 Å². The second kappa shape index (κ2) is 6.26. The zero-order valence-electron chi connectivity index (χ0n) is 11.7. The zero-order valence-corrected chi connectivity index (χ0v) is 13.3. The predicted molar refractivity (Wildman–Crippen MR) is 83.5 cm³/mol. The molecular formula is C16H15BrFNO2. The number of anilines is 1. The van der Waals surface area contributed by atoms with Crippen molar-refractivity contribution in [3.05, 3.63) is 62.9 Å². The number of rotatable bonds is 3. The number of nitrogen functional groups attached to an aromatic ring is 1. The molecule has 110 valence electrons. The summed E-state index contributed by atoms with van der Waals surface area (Å²) in [4.78, 5) is 12.1. The second-order valence-electron chi connectivity index (χ2n) is 4.86. The lowest BCUT2D eigenvalue weighted by atomic mass is 10.1. The van der Waals surface area contributed by atoms with Crippen LogP contribution in [0.1, 0.15) is 27.0 Å². The summed E-state index contributed by atoms with van der Waals surface area (Å²) in [6.45, 7) is 4.09. The highest BCUT2D eigenvalue weighted by Gasteiger charge is 2.15. The molecule has 0 aliphatic heterocycles. The van der Waals surface area contributed by atoms with Gasteiger partial charge in [0.1, 0.15) is 12.4 Å². The Morgan fingerprint density at radius 3 is 2.71 bits per heavy atom. The van der Waals surface area contributed by atoms with Gasteiger partial charge in [-0.2, -0.15) is 0 Å². The van der Waals surface area contributed by atoms with Gasteiger partial charge in [-0.05, 0) is 53.0 Å². The maximum atomic E-state index is 13.3. The highest BCUT2D eigenvalue weighted by molar-refractivity contribution is 9.10. The highest BCUT2D eigenvalue weighted by Crippen LogP contribution is 2.24. The van der Waals surface area contributed by atoms with E-state index in [0.717, 1.165) is 22.8 Å². The Morgan fingerprint density at radius 2 is 2.00 bits per heavy atom. The molecule has 0 bridgehead atoms. The number of hydrogen-bond acceptors (Lipinski definition) is 3.